The van der Waals surface area contributed by atoms with Gasteiger partial charge in [0.25, 0.3) is 0 Å². The smallest absolute Gasteiger partial charge is 0.0296 e. The van der Waals surface area contributed by atoms with Gasteiger partial charge in [-0.25, -0.2) is 0 Å². The zero-order valence-corrected chi connectivity index (χ0v) is 9.30. The van der Waals surface area contributed by atoms with Gasteiger partial charge in [-0.15, -0.1) is 0 Å². The van der Waals surface area contributed by atoms with Gasteiger partial charge in [-0.05, 0) is 42.3 Å². The summed E-state index contributed by atoms with van der Waals surface area (Å²) in [5, 5.41) is 3.46. The minimum Gasteiger partial charge on any atom is -0.306 e. The van der Waals surface area contributed by atoms with Crippen molar-refractivity contribution >= 4 is 0 Å². The molecule has 0 aliphatic carbocycles. The molecule has 0 aromatic carbocycles. The Bertz CT molecular complexity index is 414. The molecule has 0 saturated carbocycles. The molecule has 0 aliphatic heterocycles. The van der Waals surface area contributed by atoms with Crippen molar-refractivity contribution in [3.63, 3.8) is 0 Å². The molecule has 0 saturated heterocycles. The van der Waals surface area contributed by atoms with Crippen LogP contribution in [0, 0.1) is 0 Å². The Hall–Kier alpha value is -1.74. The number of aromatic nitrogens is 2. The van der Waals surface area contributed by atoms with Crippen LogP contribution in [0.1, 0.15) is 24.1 Å². The maximum absolute atomic E-state index is 4.01. The van der Waals surface area contributed by atoms with Gasteiger partial charge in [0.15, 0.2) is 0 Å². The van der Waals surface area contributed by atoms with Crippen molar-refractivity contribution in [1.29, 1.82) is 0 Å². The molecule has 3 nitrogen and oxygen atoms in total. The van der Waals surface area contributed by atoms with E-state index in [9.17, 15) is 0 Å². The van der Waals surface area contributed by atoms with Gasteiger partial charge in [0.2, 0.25) is 0 Å². The topological polar surface area (TPSA) is 37.8 Å². The lowest BCUT2D eigenvalue weighted by Crippen LogP contribution is -2.17. The number of nitrogens with one attached hydrogen (secondary N) is 1. The van der Waals surface area contributed by atoms with Crippen molar-refractivity contribution in [3.8, 4) is 0 Å². The van der Waals surface area contributed by atoms with Gasteiger partial charge in [0.1, 0.15) is 0 Å². The van der Waals surface area contributed by atoms with Crippen molar-refractivity contribution in [2.45, 2.75) is 19.5 Å². The lowest BCUT2D eigenvalue weighted by molar-refractivity contribution is 0.574. The summed E-state index contributed by atoms with van der Waals surface area (Å²) < 4.78 is 0. The lowest BCUT2D eigenvalue weighted by atomic mass is 10.1. The van der Waals surface area contributed by atoms with Gasteiger partial charge in [0, 0.05) is 37.4 Å². The summed E-state index contributed by atoms with van der Waals surface area (Å²) in [6.45, 7) is 3.00. The maximum Gasteiger partial charge on any atom is 0.0296 e. The van der Waals surface area contributed by atoms with Crippen LogP contribution in [0.25, 0.3) is 0 Å². The largest absolute Gasteiger partial charge is 0.306 e. The molecule has 0 spiro atoms. The van der Waals surface area contributed by atoms with Crippen LogP contribution in [0.15, 0.2) is 49.1 Å². The molecular formula is C13H15N3. The van der Waals surface area contributed by atoms with Crippen molar-refractivity contribution in [2.75, 3.05) is 0 Å². The Morgan fingerprint density at radius 1 is 1.00 bits per heavy atom. The Labute approximate surface area is 95.6 Å². The fraction of sp³-hybridized carbons (Fsp3) is 0.231. The van der Waals surface area contributed by atoms with E-state index in [1.807, 2.05) is 49.1 Å². The number of nitrogens with zero attached hydrogens (tertiary/aromatic N) is 2. The van der Waals surface area contributed by atoms with Crippen LogP contribution in [-0.4, -0.2) is 9.97 Å². The molecule has 82 valence electrons. The highest BCUT2D eigenvalue weighted by Crippen LogP contribution is 2.10. The van der Waals surface area contributed by atoms with E-state index in [1.54, 1.807) is 0 Å². The number of pyridine rings is 2. The van der Waals surface area contributed by atoms with E-state index >= 15 is 0 Å². The van der Waals surface area contributed by atoms with Crippen LogP contribution in [0.5, 0.6) is 0 Å². The summed E-state index contributed by atoms with van der Waals surface area (Å²) in [4.78, 5) is 8.00. The van der Waals surface area contributed by atoms with Crippen LogP contribution < -0.4 is 5.32 Å². The van der Waals surface area contributed by atoms with Crippen LogP contribution in [-0.2, 0) is 6.54 Å². The molecule has 2 rings (SSSR count). The Morgan fingerprint density at radius 3 is 2.19 bits per heavy atom. The van der Waals surface area contributed by atoms with Gasteiger partial charge >= 0.3 is 0 Å². The maximum atomic E-state index is 4.01. The van der Waals surface area contributed by atoms with E-state index in [0.717, 1.165) is 6.54 Å². The van der Waals surface area contributed by atoms with Crippen LogP contribution in [0.2, 0.25) is 0 Å². The third-order valence-electron chi connectivity index (χ3n) is 2.57. The number of hydrogen-bond donors (Lipinski definition) is 1. The van der Waals surface area contributed by atoms with Crippen molar-refractivity contribution < 1.29 is 0 Å². The first-order chi connectivity index (χ1) is 7.86. The van der Waals surface area contributed by atoms with Gasteiger partial charge in [-0.1, -0.05) is 0 Å². The summed E-state index contributed by atoms with van der Waals surface area (Å²) in [6, 6.07) is 8.43. The summed E-state index contributed by atoms with van der Waals surface area (Å²) in [6.07, 6.45) is 7.27. The first kappa shape index (κ1) is 10.8. The van der Waals surface area contributed by atoms with Gasteiger partial charge in [0.05, 0.1) is 0 Å². The molecule has 1 N–H and O–H groups in total. The molecule has 0 amide bonds. The predicted octanol–water partition coefficient (Wildman–Crippen LogP) is 2.33. The van der Waals surface area contributed by atoms with E-state index in [2.05, 4.69) is 22.2 Å². The highest BCUT2D eigenvalue weighted by Gasteiger charge is 2.03. The summed E-state index contributed by atoms with van der Waals surface area (Å²) in [5.74, 6) is 0. The van der Waals surface area contributed by atoms with Crippen LogP contribution >= 0.6 is 0 Å². The van der Waals surface area contributed by atoms with E-state index in [0.29, 0.717) is 6.04 Å². The van der Waals surface area contributed by atoms with E-state index in [4.69, 9.17) is 0 Å². The second-order valence-corrected chi connectivity index (χ2v) is 3.74. The number of hydrogen-bond acceptors (Lipinski definition) is 3. The second-order valence-electron chi connectivity index (χ2n) is 3.74. The fourth-order valence-electron chi connectivity index (χ4n) is 1.54. The molecule has 16 heavy (non-hydrogen) atoms. The molecule has 0 bridgehead atoms. The lowest BCUT2D eigenvalue weighted by Gasteiger charge is -2.13. The van der Waals surface area contributed by atoms with Crippen LogP contribution in [0.3, 0.4) is 0 Å². The van der Waals surface area contributed by atoms with Gasteiger partial charge in [-0.2, -0.15) is 0 Å². The van der Waals surface area contributed by atoms with Gasteiger partial charge in [-0.3, -0.25) is 9.97 Å². The zero-order chi connectivity index (χ0) is 11.2. The summed E-state index contributed by atoms with van der Waals surface area (Å²) >= 11 is 0. The molecule has 1 unspecified atom stereocenters. The second kappa shape index (κ2) is 5.37. The first-order valence-corrected chi connectivity index (χ1v) is 5.38. The highest BCUT2D eigenvalue weighted by atomic mass is 14.9. The molecule has 3 heteroatoms. The summed E-state index contributed by atoms with van der Waals surface area (Å²) in [5.41, 5.74) is 2.50. The Balaban J connectivity index is 1.92. The Morgan fingerprint density at radius 2 is 1.56 bits per heavy atom. The Kier molecular flexibility index (Phi) is 3.62. The molecule has 0 radical (unpaired) electrons. The minimum absolute atomic E-state index is 0.330. The quantitative estimate of drug-likeness (QED) is 0.847. The minimum atomic E-state index is 0.330. The van der Waals surface area contributed by atoms with E-state index < -0.39 is 0 Å². The monoisotopic (exact) mass is 213 g/mol. The third-order valence-corrected chi connectivity index (χ3v) is 2.57. The van der Waals surface area contributed by atoms with Crippen molar-refractivity contribution in [1.82, 2.24) is 15.3 Å². The van der Waals surface area contributed by atoms with E-state index in [1.165, 1.54) is 11.1 Å². The predicted molar refractivity (Wildman–Crippen MR) is 63.7 cm³/mol. The third kappa shape index (κ3) is 2.87. The molecule has 0 aliphatic rings. The fourth-order valence-corrected chi connectivity index (χ4v) is 1.54. The molecule has 2 heterocycles. The van der Waals surface area contributed by atoms with Gasteiger partial charge < -0.3 is 5.32 Å². The average Bonchev–Trinajstić information content (AvgIpc) is 2.38. The zero-order valence-electron chi connectivity index (χ0n) is 9.30. The standard InChI is InChI=1S/C13H15N3/c1-11(13-4-8-15-9-5-13)16-10-12-2-6-14-7-3-12/h2-9,11,16H,10H2,1H3. The van der Waals surface area contributed by atoms with Crippen molar-refractivity contribution in [3.05, 3.63) is 60.2 Å². The highest BCUT2D eigenvalue weighted by molar-refractivity contribution is 5.15. The van der Waals surface area contributed by atoms with Crippen LogP contribution in [0.4, 0.5) is 0 Å². The molecular weight excluding hydrogens is 198 g/mol. The molecule has 2 aromatic heterocycles. The normalized spacial score (nSPS) is 12.3. The summed E-state index contributed by atoms with van der Waals surface area (Å²) in [7, 11) is 0. The average molecular weight is 213 g/mol. The molecule has 2 aromatic rings. The number of rotatable bonds is 4. The molecule has 0 fully saturated rings. The molecule has 1 atom stereocenters. The van der Waals surface area contributed by atoms with E-state index in [-0.39, 0.29) is 0 Å². The SMILES string of the molecule is CC(NCc1ccncc1)c1ccncc1. The van der Waals surface area contributed by atoms with Crippen molar-refractivity contribution in [2.24, 2.45) is 0 Å². The first-order valence-electron chi connectivity index (χ1n) is 5.38.